The number of pyridine rings is 1. The zero-order valence-corrected chi connectivity index (χ0v) is 13.1. The van der Waals surface area contributed by atoms with E-state index < -0.39 is 5.63 Å². The van der Waals surface area contributed by atoms with Crippen LogP contribution in [0.1, 0.15) is 11.3 Å². The molecule has 23 heavy (non-hydrogen) atoms. The summed E-state index contributed by atoms with van der Waals surface area (Å²) in [5, 5.41) is 10.8. The van der Waals surface area contributed by atoms with Gasteiger partial charge >= 0.3 is 5.63 Å². The predicted octanol–water partition coefficient (Wildman–Crippen LogP) is 3.27. The van der Waals surface area contributed by atoms with Gasteiger partial charge in [0.25, 0.3) is 0 Å². The second-order valence-electron chi connectivity index (χ2n) is 5.20. The van der Waals surface area contributed by atoms with Crippen molar-refractivity contribution in [1.29, 1.82) is 0 Å². The van der Waals surface area contributed by atoms with E-state index in [9.17, 15) is 9.90 Å². The molecule has 0 atom stereocenters. The van der Waals surface area contributed by atoms with E-state index in [4.69, 9.17) is 4.42 Å². The second kappa shape index (κ2) is 5.26. The zero-order chi connectivity index (χ0) is 16.0. The monoisotopic (exact) mass is 324 g/mol. The molecule has 114 valence electrons. The fourth-order valence-corrected chi connectivity index (χ4v) is 3.51. The number of nitrogens with zero attached hydrogens (tertiary/aromatic N) is 2. The van der Waals surface area contributed by atoms with Gasteiger partial charge in [0.2, 0.25) is 0 Å². The zero-order valence-electron chi connectivity index (χ0n) is 12.2. The number of aromatic nitrogens is 2. The summed E-state index contributed by atoms with van der Waals surface area (Å²) in [6.45, 7) is 1.60. The van der Waals surface area contributed by atoms with Crippen molar-refractivity contribution in [2.45, 2.75) is 13.5 Å². The third-order valence-corrected chi connectivity index (χ3v) is 4.80. The van der Waals surface area contributed by atoms with Crippen molar-refractivity contribution < 1.29 is 9.52 Å². The van der Waals surface area contributed by atoms with E-state index in [1.54, 1.807) is 19.2 Å². The smallest absolute Gasteiger partial charge is 0.346 e. The van der Waals surface area contributed by atoms with E-state index >= 15 is 0 Å². The predicted molar refractivity (Wildman–Crippen MR) is 89.6 cm³/mol. The van der Waals surface area contributed by atoms with E-state index in [1.807, 2.05) is 24.3 Å². The maximum Gasteiger partial charge on any atom is 0.346 e. The third kappa shape index (κ3) is 2.23. The molecule has 3 heterocycles. The molecule has 0 fully saturated rings. The second-order valence-corrected chi connectivity index (χ2v) is 6.23. The number of aliphatic hydroxyl groups excluding tert-OH is 1. The Kier molecular flexibility index (Phi) is 3.21. The van der Waals surface area contributed by atoms with Crippen molar-refractivity contribution in [3.63, 3.8) is 0 Å². The van der Waals surface area contributed by atoms with Gasteiger partial charge in [-0.3, -0.25) is 4.98 Å². The van der Waals surface area contributed by atoms with E-state index in [-0.39, 0.29) is 6.61 Å². The minimum Gasteiger partial charge on any atom is -0.420 e. The Morgan fingerprint density at radius 2 is 2.13 bits per heavy atom. The van der Waals surface area contributed by atoms with Crippen LogP contribution >= 0.6 is 11.3 Å². The minimum atomic E-state index is -0.448. The number of rotatable bonds is 2. The molecule has 4 aromatic rings. The lowest BCUT2D eigenvalue weighted by atomic mass is 10.1. The van der Waals surface area contributed by atoms with Gasteiger partial charge in [0.05, 0.1) is 28.1 Å². The Hall–Kier alpha value is -2.57. The lowest BCUT2D eigenvalue weighted by Crippen LogP contribution is -2.05. The Morgan fingerprint density at radius 1 is 1.30 bits per heavy atom. The average molecular weight is 324 g/mol. The highest BCUT2D eigenvalue weighted by molar-refractivity contribution is 7.21. The van der Waals surface area contributed by atoms with Gasteiger partial charge in [-0.25, -0.2) is 9.78 Å². The van der Waals surface area contributed by atoms with Crippen LogP contribution < -0.4 is 5.63 Å². The van der Waals surface area contributed by atoms with Crippen molar-refractivity contribution in [2.24, 2.45) is 0 Å². The van der Waals surface area contributed by atoms with Crippen molar-refractivity contribution >= 4 is 32.5 Å². The molecule has 0 saturated heterocycles. The largest absolute Gasteiger partial charge is 0.420 e. The van der Waals surface area contributed by atoms with Crippen molar-refractivity contribution in [3.05, 3.63) is 58.2 Å². The number of hydrogen-bond acceptors (Lipinski definition) is 6. The summed E-state index contributed by atoms with van der Waals surface area (Å²) in [7, 11) is 0. The quantitative estimate of drug-likeness (QED) is 0.612. The number of para-hydroxylation sites is 1. The average Bonchev–Trinajstić information content (AvgIpc) is 2.99. The first-order valence-electron chi connectivity index (χ1n) is 7.06. The molecule has 1 N–H and O–H groups in total. The summed E-state index contributed by atoms with van der Waals surface area (Å²) < 4.78 is 6.46. The highest BCUT2D eigenvalue weighted by Gasteiger charge is 2.15. The number of aliphatic hydroxyl groups is 1. The molecule has 0 aliphatic heterocycles. The molecule has 0 aliphatic carbocycles. The lowest BCUT2D eigenvalue weighted by molar-refractivity contribution is 0.282. The number of benzene rings is 1. The first kappa shape index (κ1) is 14.0. The number of hydrogen-bond donors (Lipinski definition) is 1. The molecule has 1 aromatic carbocycles. The first-order chi connectivity index (χ1) is 11.2. The maximum absolute atomic E-state index is 12.4. The molecule has 0 spiro atoms. The number of thiazole rings is 1. The highest BCUT2D eigenvalue weighted by Crippen LogP contribution is 2.30. The Balaban J connectivity index is 2.03. The summed E-state index contributed by atoms with van der Waals surface area (Å²) in [6.07, 6.45) is 1.60. The van der Waals surface area contributed by atoms with Crippen molar-refractivity contribution in [1.82, 2.24) is 9.97 Å². The molecule has 5 nitrogen and oxygen atoms in total. The van der Waals surface area contributed by atoms with Crippen LogP contribution in [0.25, 0.3) is 31.8 Å². The summed E-state index contributed by atoms with van der Waals surface area (Å²) >= 11 is 1.44. The molecule has 0 aliphatic rings. The number of aryl methyl sites for hydroxylation is 1. The van der Waals surface area contributed by atoms with Crippen LogP contribution in [0.3, 0.4) is 0 Å². The molecule has 0 saturated carbocycles. The molecule has 0 radical (unpaired) electrons. The molecular formula is C17H12N2O3S. The van der Waals surface area contributed by atoms with E-state index in [1.165, 1.54) is 11.3 Å². The van der Waals surface area contributed by atoms with Crippen LogP contribution in [0.15, 0.2) is 45.7 Å². The topological polar surface area (TPSA) is 76.2 Å². The van der Waals surface area contributed by atoms with Crippen molar-refractivity contribution in [3.8, 4) is 10.6 Å². The molecule has 0 amide bonds. The van der Waals surface area contributed by atoms with E-state index in [2.05, 4.69) is 9.97 Å². The SMILES string of the molecule is Cc1ncc(CO)c2cc(-c3nc4ccccc4s3)c(=O)oc12. The first-order valence-corrected chi connectivity index (χ1v) is 7.88. The number of fused-ring (bicyclic) bond motifs is 2. The van der Waals surface area contributed by atoms with E-state index in [0.29, 0.717) is 32.8 Å². The van der Waals surface area contributed by atoms with Gasteiger partial charge in [0.1, 0.15) is 5.01 Å². The van der Waals surface area contributed by atoms with Gasteiger partial charge in [0, 0.05) is 17.1 Å². The van der Waals surface area contributed by atoms with Gasteiger partial charge in [-0.05, 0) is 25.1 Å². The Bertz CT molecular complexity index is 1070. The summed E-state index contributed by atoms with van der Waals surface area (Å²) in [5.41, 5.74) is 2.45. The fourth-order valence-electron chi connectivity index (χ4n) is 2.54. The summed E-state index contributed by atoms with van der Waals surface area (Å²) in [4.78, 5) is 21.0. The van der Waals surface area contributed by atoms with Gasteiger partial charge < -0.3 is 9.52 Å². The van der Waals surface area contributed by atoms with Gasteiger partial charge in [-0.2, -0.15) is 0 Å². The minimum absolute atomic E-state index is 0.170. The van der Waals surface area contributed by atoms with Gasteiger partial charge in [-0.15, -0.1) is 11.3 Å². The summed E-state index contributed by atoms with van der Waals surface area (Å²) in [5.74, 6) is 0. The van der Waals surface area contributed by atoms with Crippen LogP contribution in [0, 0.1) is 6.92 Å². The van der Waals surface area contributed by atoms with Crippen molar-refractivity contribution in [2.75, 3.05) is 0 Å². The molecule has 3 aromatic heterocycles. The standard InChI is InChI=1S/C17H12N2O3S/c1-9-15-11(10(8-20)7-18-9)6-12(17(21)22-15)16-19-13-4-2-3-5-14(13)23-16/h2-7,20H,8H2,1H3. The van der Waals surface area contributed by atoms with Crippen LogP contribution in [-0.4, -0.2) is 15.1 Å². The lowest BCUT2D eigenvalue weighted by Gasteiger charge is -2.06. The van der Waals surface area contributed by atoms with Crippen LogP contribution in [-0.2, 0) is 6.61 Å². The fraction of sp³-hybridized carbons (Fsp3) is 0.118. The van der Waals surface area contributed by atoms with Crippen LogP contribution in [0.5, 0.6) is 0 Å². The van der Waals surface area contributed by atoms with Crippen LogP contribution in [0.4, 0.5) is 0 Å². The molecule has 6 heteroatoms. The highest BCUT2D eigenvalue weighted by atomic mass is 32.1. The normalized spacial score (nSPS) is 11.4. The van der Waals surface area contributed by atoms with Crippen LogP contribution in [0.2, 0.25) is 0 Å². The van der Waals surface area contributed by atoms with Gasteiger partial charge in [-0.1, -0.05) is 12.1 Å². The Morgan fingerprint density at radius 3 is 2.91 bits per heavy atom. The summed E-state index contributed by atoms with van der Waals surface area (Å²) in [6, 6.07) is 9.45. The Labute approximate surface area is 134 Å². The maximum atomic E-state index is 12.4. The third-order valence-electron chi connectivity index (χ3n) is 3.73. The molecular weight excluding hydrogens is 312 g/mol. The van der Waals surface area contributed by atoms with Gasteiger partial charge in [0.15, 0.2) is 5.58 Å². The van der Waals surface area contributed by atoms with E-state index in [0.717, 1.165) is 10.2 Å². The molecule has 0 bridgehead atoms. The molecule has 0 unspecified atom stereocenters. The molecule has 4 rings (SSSR count).